The fraction of sp³-hybridized carbons (Fsp3) is 0.158. The average molecular weight is 417 g/mol. The number of halogens is 1. The molecule has 144 valence electrons. The first kappa shape index (κ1) is 19.9. The summed E-state index contributed by atoms with van der Waals surface area (Å²) in [7, 11) is 1.49. The highest BCUT2D eigenvalue weighted by atomic mass is 35.5. The van der Waals surface area contributed by atoms with Crippen molar-refractivity contribution in [1.29, 1.82) is 0 Å². The molecule has 0 radical (unpaired) electrons. The van der Waals surface area contributed by atoms with E-state index in [-0.39, 0.29) is 29.7 Å². The molecule has 0 atom stereocenters. The predicted molar refractivity (Wildman–Crippen MR) is 110 cm³/mol. The molecule has 0 aliphatic rings. The first-order chi connectivity index (χ1) is 13.5. The van der Waals surface area contributed by atoms with Crippen LogP contribution < -0.4 is 16.2 Å². The Morgan fingerprint density at radius 2 is 1.82 bits per heavy atom. The van der Waals surface area contributed by atoms with Crippen LogP contribution >= 0.6 is 23.4 Å². The zero-order valence-corrected chi connectivity index (χ0v) is 16.5. The number of thioether (sulfide) groups is 1. The molecule has 1 heterocycles. The van der Waals surface area contributed by atoms with Crippen LogP contribution in [-0.4, -0.2) is 40.7 Å². The number of benzene rings is 2. The summed E-state index contributed by atoms with van der Waals surface area (Å²) in [5.41, 5.74) is 0.747. The molecule has 0 fully saturated rings. The standard InChI is InChI=1S/C19H17ClN4O3S/c1-21-16(25)10-22-17(26)11-28-19-23-14-8-4-2-6-12(14)18(27)24(19)15-9-5-3-7-13(15)20/h2-9H,10-11H2,1H3,(H,21,25)(H,22,26). The number of nitrogens with zero attached hydrogens (tertiary/aromatic N) is 2. The quantitative estimate of drug-likeness (QED) is 0.473. The zero-order valence-electron chi connectivity index (χ0n) is 14.9. The number of carbonyl (C=O) groups is 2. The minimum absolute atomic E-state index is 0.00771. The second-order valence-corrected chi connectivity index (χ2v) is 7.09. The van der Waals surface area contributed by atoms with E-state index in [2.05, 4.69) is 15.6 Å². The summed E-state index contributed by atoms with van der Waals surface area (Å²) in [6, 6.07) is 13.9. The summed E-state index contributed by atoms with van der Waals surface area (Å²) in [6.07, 6.45) is 0. The number of likely N-dealkylation sites (N-methyl/N-ethyl adjacent to an activating group) is 1. The number of nitrogens with one attached hydrogen (secondary N) is 2. The molecule has 2 N–H and O–H groups in total. The van der Waals surface area contributed by atoms with Crippen LogP contribution in [0.3, 0.4) is 0 Å². The molecule has 2 amide bonds. The number of fused-ring (bicyclic) bond motifs is 1. The van der Waals surface area contributed by atoms with Crippen molar-refractivity contribution in [2.75, 3.05) is 19.3 Å². The Morgan fingerprint density at radius 1 is 1.11 bits per heavy atom. The first-order valence-electron chi connectivity index (χ1n) is 8.38. The van der Waals surface area contributed by atoms with Gasteiger partial charge >= 0.3 is 0 Å². The summed E-state index contributed by atoms with van der Waals surface area (Å²) in [6.45, 7) is -0.113. The molecule has 9 heteroatoms. The van der Waals surface area contributed by atoms with Crippen molar-refractivity contribution in [2.45, 2.75) is 5.16 Å². The van der Waals surface area contributed by atoms with E-state index in [1.54, 1.807) is 48.5 Å². The van der Waals surface area contributed by atoms with Crippen LogP contribution in [0.25, 0.3) is 16.6 Å². The van der Waals surface area contributed by atoms with E-state index < -0.39 is 0 Å². The molecule has 3 aromatic rings. The predicted octanol–water partition coefficient (Wildman–Crippen LogP) is 1.99. The molecule has 7 nitrogen and oxygen atoms in total. The number of hydrogen-bond donors (Lipinski definition) is 2. The Kier molecular flexibility index (Phi) is 6.33. The van der Waals surface area contributed by atoms with E-state index in [9.17, 15) is 14.4 Å². The van der Waals surface area contributed by atoms with Gasteiger partial charge < -0.3 is 10.6 Å². The second kappa shape index (κ2) is 8.90. The summed E-state index contributed by atoms with van der Waals surface area (Å²) in [5.74, 6) is -0.649. The molecule has 0 bridgehead atoms. The van der Waals surface area contributed by atoms with Crippen molar-refractivity contribution >= 4 is 46.1 Å². The third-order valence-corrected chi connectivity index (χ3v) is 5.15. The summed E-state index contributed by atoms with van der Waals surface area (Å²) in [4.78, 5) is 40.9. The fourth-order valence-corrected chi connectivity index (χ4v) is 3.56. The van der Waals surface area contributed by atoms with Gasteiger partial charge in [0.15, 0.2) is 5.16 Å². The Balaban J connectivity index is 1.98. The van der Waals surface area contributed by atoms with Crippen LogP contribution in [0.2, 0.25) is 5.02 Å². The molecule has 2 aromatic carbocycles. The third kappa shape index (κ3) is 4.35. The lowest BCUT2D eigenvalue weighted by molar-refractivity contribution is -0.124. The smallest absolute Gasteiger partial charge is 0.266 e. The highest BCUT2D eigenvalue weighted by Gasteiger charge is 2.16. The molecule has 0 aliphatic heterocycles. The molecule has 28 heavy (non-hydrogen) atoms. The molecule has 0 saturated carbocycles. The van der Waals surface area contributed by atoms with Gasteiger partial charge in [-0.15, -0.1) is 0 Å². The molecular formula is C19H17ClN4O3S. The molecule has 0 aliphatic carbocycles. The maximum Gasteiger partial charge on any atom is 0.266 e. The van der Waals surface area contributed by atoms with Gasteiger partial charge in [-0.1, -0.05) is 47.6 Å². The van der Waals surface area contributed by atoms with Gasteiger partial charge in [-0.05, 0) is 24.3 Å². The number of hydrogen-bond acceptors (Lipinski definition) is 5. The van der Waals surface area contributed by atoms with Gasteiger partial charge in [0.2, 0.25) is 11.8 Å². The van der Waals surface area contributed by atoms with E-state index in [4.69, 9.17) is 11.6 Å². The van der Waals surface area contributed by atoms with E-state index in [1.807, 2.05) is 0 Å². The summed E-state index contributed by atoms with van der Waals surface area (Å²) >= 11 is 7.39. The lowest BCUT2D eigenvalue weighted by Gasteiger charge is -2.14. The van der Waals surface area contributed by atoms with Gasteiger partial charge in [-0.3, -0.25) is 19.0 Å². The molecule has 0 saturated heterocycles. The Hall–Kier alpha value is -2.84. The number of carbonyl (C=O) groups excluding carboxylic acids is 2. The van der Waals surface area contributed by atoms with Crippen molar-refractivity contribution in [3.63, 3.8) is 0 Å². The second-order valence-electron chi connectivity index (χ2n) is 5.74. The molecular weight excluding hydrogens is 400 g/mol. The largest absolute Gasteiger partial charge is 0.358 e. The number of amides is 2. The first-order valence-corrected chi connectivity index (χ1v) is 9.74. The Labute approximate surface area is 170 Å². The highest BCUT2D eigenvalue weighted by molar-refractivity contribution is 7.99. The summed E-state index contributed by atoms with van der Waals surface area (Å²) in [5, 5.41) is 6.13. The van der Waals surface area contributed by atoms with Crippen molar-refractivity contribution < 1.29 is 9.59 Å². The molecule has 3 rings (SSSR count). The van der Waals surface area contributed by atoms with Gasteiger partial charge in [0.05, 0.1) is 33.9 Å². The van der Waals surface area contributed by atoms with E-state index >= 15 is 0 Å². The van der Waals surface area contributed by atoms with Crippen molar-refractivity contribution in [3.8, 4) is 5.69 Å². The maximum absolute atomic E-state index is 13.1. The zero-order chi connectivity index (χ0) is 20.1. The third-order valence-electron chi connectivity index (χ3n) is 3.90. The fourth-order valence-electron chi connectivity index (χ4n) is 2.50. The Morgan fingerprint density at radius 3 is 2.57 bits per heavy atom. The van der Waals surface area contributed by atoms with Crippen molar-refractivity contribution in [3.05, 3.63) is 63.9 Å². The van der Waals surface area contributed by atoms with Crippen LogP contribution in [-0.2, 0) is 9.59 Å². The molecule has 0 spiro atoms. The van der Waals surface area contributed by atoms with Crippen LogP contribution in [0.5, 0.6) is 0 Å². The van der Waals surface area contributed by atoms with Gasteiger partial charge in [-0.2, -0.15) is 0 Å². The van der Waals surface area contributed by atoms with Crippen LogP contribution in [0.15, 0.2) is 58.5 Å². The topological polar surface area (TPSA) is 93.1 Å². The van der Waals surface area contributed by atoms with Crippen LogP contribution in [0.1, 0.15) is 0 Å². The van der Waals surface area contributed by atoms with E-state index in [0.29, 0.717) is 26.8 Å². The number of rotatable bonds is 6. The van der Waals surface area contributed by atoms with Crippen LogP contribution in [0.4, 0.5) is 0 Å². The minimum Gasteiger partial charge on any atom is -0.358 e. The van der Waals surface area contributed by atoms with Gasteiger partial charge in [0, 0.05) is 7.05 Å². The van der Waals surface area contributed by atoms with Crippen LogP contribution in [0, 0.1) is 0 Å². The van der Waals surface area contributed by atoms with Gasteiger partial charge in [0.1, 0.15) is 0 Å². The number of aromatic nitrogens is 2. The summed E-state index contributed by atoms with van der Waals surface area (Å²) < 4.78 is 1.40. The monoisotopic (exact) mass is 416 g/mol. The number of para-hydroxylation sites is 2. The van der Waals surface area contributed by atoms with Crippen molar-refractivity contribution in [2.24, 2.45) is 0 Å². The Bertz CT molecular complexity index is 1100. The molecule has 1 aromatic heterocycles. The minimum atomic E-state index is -0.346. The molecule has 0 unspecified atom stereocenters. The SMILES string of the molecule is CNC(=O)CNC(=O)CSc1nc2ccccc2c(=O)n1-c1ccccc1Cl. The lowest BCUT2D eigenvalue weighted by Crippen LogP contribution is -2.36. The van der Waals surface area contributed by atoms with E-state index in [1.165, 1.54) is 11.6 Å². The van der Waals surface area contributed by atoms with Crippen molar-refractivity contribution in [1.82, 2.24) is 20.2 Å². The average Bonchev–Trinajstić information content (AvgIpc) is 2.71. The maximum atomic E-state index is 13.1. The van der Waals surface area contributed by atoms with E-state index in [0.717, 1.165) is 11.8 Å². The highest BCUT2D eigenvalue weighted by Crippen LogP contribution is 2.25. The van der Waals surface area contributed by atoms with Gasteiger partial charge in [-0.25, -0.2) is 4.98 Å². The lowest BCUT2D eigenvalue weighted by atomic mass is 10.2. The normalized spacial score (nSPS) is 10.6. The van der Waals surface area contributed by atoms with Gasteiger partial charge in [0.25, 0.3) is 5.56 Å².